The lowest BCUT2D eigenvalue weighted by molar-refractivity contribution is -0.0912. The molecule has 1 unspecified atom stereocenters. The summed E-state index contributed by atoms with van der Waals surface area (Å²) in [5.74, 6) is 3.59. The predicted molar refractivity (Wildman–Crippen MR) is 78.4 cm³/mol. The van der Waals surface area contributed by atoms with Gasteiger partial charge in [-0.1, -0.05) is 0 Å². The minimum atomic E-state index is -0.592. The molecule has 1 aromatic carbocycles. The lowest BCUT2D eigenvalue weighted by Crippen LogP contribution is -2.47. The van der Waals surface area contributed by atoms with Crippen LogP contribution in [0.2, 0.25) is 0 Å². The number of methoxy groups -OCH3 is 1. The fourth-order valence-corrected chi connectivity index (χ4v) is 5.63. The van der Waals surface area contributed by atoms with Crippen LogP contribution in [0.5, 0.6) is 5.75 Å². The minimum absolute atomic E-state index is 0.286. The molecule has 5 rings (SSSR count). The molecule has 0 aliphatic heterocycles. The molecule has 4 aliphatic rings. The van der Waals surface area contributed by atoms with Crippen LogP contribution >= 0.6 is 0 Å². The number of aliphatic hydroxyl groups is 1. The summed E-state index contributed by atoms with van der Waals surface area (Å²) in [7, 11) is 1.58. The second-order valence-corrected chi connectivity index (χ2v) is 7.34. The monoisotopic (exact) mass is 290 g/mol. The summed E-state index contributed by atoms with van der Waals surface area (Å²) >= 11 is 0. The van der Waals surface area contributed by atoms with Gasteiger partial charge in [0.05, 0.1) is 13.2 Å². The Balaban J connectivity index is 1.66. The molecule has 21 heavy (non-hydrogen) atoms. The van der Waals surface area contributed by atoms with E-state index in [9.17, 15) is 9.50 Å². The number of hydrogen-bond donors (Lipinski definition) is 1. The van der Waals surface area contributed by atoms with Crippen LogP contribution < -0.4 is 4.74 Å². The van der Waals surface area contributed by atoms with Crippen molar-refractivity contribution in [3.8, 4) is 5.75 Å². The van der Waals surface area contributed by atoms with Crippen LogP contribution in [0.25, 0.3) is 0 Å². The van der Waals surface area contributed by atoms with E-state index in [0.717, 1.165) is 11.8 Å². The first-order chi connectivity index (χ1) is 10.2. The zero-order chi connectivity index (χ0) is 14.6. The van der Waals surface area contributed by atoms with Gasteiger partial charge < -0.3 is 9.84 Å². The van der Waals surface area contributed by atoms with Gasteiger partial charge in [-0.2, -0.15) is 0 Å². The topological polar surface area (TPSA) is 29.5 Å². The van der Waals surface area contributed by atoms with Gasteiger partial charge in [-0.25, -0.2) is 4.39 Å². The Morgan fingerprint density at radius 3 is 2.29 bits per heavy atom. The molecule has 114 valence electrons. The zero-order valence-corrected chi connectivity index (χ0v) is 12.5. The maximum absolute atomic E-state index is 13.6. The van der Waals surface area contributed by atoms with Gasteiger partial charge in [0.25, 0.3) is 0 Å². The van der Waals surface area contributed by atoms with Crippen molar-refractivity contribution in [1.29, 1.82) is 0 Å². The number of halogens is 1. The molecule has 0 spiro atoms. The van der Waals surface area contributed by atoms with Crippen LogP contribution in [-0.2, 0) is 0 Å². The van der Waals surface area contributed by atoms with Crippen molar-refractivity contribution >= 4 is 0 Å². The van der Waals surface area contributed by atoms with Gasteiger partial charge in [0, 0.05) is 5.56 Å². The Morgan fingerprint density at radius 1 is 1.10 bits per heavy atom. The van der Waals surface area contributed by atoms with Gasteiger partial charge >= 0.3 is 0 Å². The van der Waals surface area contributed by atoms with Crippen LogP contribution in [-0.4, -0.2) is 12.2 Å². The van der Waals surface area contributed by atoms with Crippen LogP contribution in [0.1, 0.15) is 43.8 Å². The number of hydrogen-bond acceptors (Lipinski definition) is 2. The fourth-order valence-electron chi connectivity index (χ4n) is 5.63. The Bertz CT molecular complexity index is 514. The lowest BCUT2D eigenvalue weighted by atomic mass is 9.50. The number of ether oxygens (including phenoxy) is 1. The Labute approximate surface area is 125 Å². The second kappa shape index (κ2) is 4.98. The van der Waals surface area contributed by atoms with E-state index >= 15 is 0 Å². The summed E-state index contributed by atoms with van der Waals surface area (Å²) < 4.78 is 18.9. The van der Waals surface area contributed by atoms with E-state index in [2.05, 4.69) is 0 Å². The van der Waals surface area contributed by atoms with Gasteiger partial charge in [-0.15, -0.1) is 0 Å². The summed E-state index contributed by atoms with van der Waals surface area (Å²) in [4.78, 5) is 0. The molecule has 0 heterocycles. The molecular weight excluding hydrogens is 267 g/mol. The summed E-state index contributed by atoms with van der Waals surface area (Å²) in [5, 5.41) is 10.9. The third-order valence-corrected chi connectivity index (χ3v) is 6.17. The third kappa shape index (κ3) is 2.17. The Kier molecular flexibility index (Phi) is 3.21. The molecule has 0 radical (unpaired) electrons. The molecule has 1 atom stereocenters. The summed E-state index contributed by atoms with van der Waals surface area (Å²) in [6.07, 6.45) is 5.84. The van der Waals surface area contributed by atoms with Gasteiger partial charge in [0.2, 0.25) is 0 Å². The molecule has 0 amide bonds. The van der Waals surface area contributed by atoms with E-state index in [4.69, 9.17) is 4.74 Å². The van der Waals surface area contributed by atoms with Gasteiger partial charge in [-0.3, -0.25) is 0 Å². The second-order valence-electron chi connectivity index (χ2n) is 7.34. The predicted octanol–water partition coefficient (Wildman–Crippen LogP) is 3.94. The first-order valence-corrected chi connectivity index (χ1v) is 8.17. The van der Waals surface area contributed by atoms with Gasteiger partial charge in [-0.05, 0) is 79.9 Å². The normalized spacial score (nSPS) is 38.5. The maximum atomic E-state index is 13.6. The molecule has 0 saturated heterocycles. The molecule has 4 saturated carbocycles. The lowest BCUT2D eigenvalue weighted by Gasteiger charge is -2.55. The smallest absolute Gasteiger partial charge is 0.124 e. The van der Waals surface area contributed by atoms with E-state index in [1.807, 2.05) is 0 Å². The number of benzene rings is 1. The van der Waals surface area contributed by atoms with Crippen molar-refractivity contribution in [2.24, 2.45) is 29.6 Å². The highest BCUT2D eigenvalue weighted by Gasteiger charge is 2.50. The zero-order valence-electron chi connectivity index (χ0n) is 12.5. The SMILES string of the molecule is COc1ccc(F)cc1C(O)C1C2CC3CC(C2)CC1C3. The first kappa shape index (κ1) is 13.6. The molecule has 2 nitrogen and oxygen atoms in total. The highest BCUT2D eigenvalue weighted by molar-refractivity contribution is 5.36. The third-order valence-electron chi connectivity index (χ3n) is 6.17. The van der Waals surface area contributed by atoms with Crippen LogP contribution in [0.15, 0.2) is 18.2 Å². The van der Waals surface area contributed by atoms with Crippen molar-refractivity contribution in [1.82, 2.24) is 0 Å². The molecule has 3 heteroatoms. The summed E-state index contributed by atoms with van der Waals surface area (Å²) in [5.41, 5.74) is 0.634. The van der Waals surface area contributed by atoms with E-state index in [0.29, 0.717) is 23.1 Å². The molecule has 4 aliphatic carbocycles. The first-order valence-electron chi connectivity index (χ1n) is 8.17. The highest BCUT2D eigenvalue weighted by Crippen LogP contribution is 2.59. The van der Waals surface area contributed by atoms with Crippen LogP contribution in [0.3, 0.4) is 0 Å². The summed E-state index contributed by atoms with van der Waals surface area (Å²) in [6, 6.07) is 4.48. The molecule has 4 bridgehead atoms. The maximum Gasteiger partial charge on any atom is 0.124 e. The van der Waals surface area contributed by atoms with Crippen molar-refractivity contribution in [3.05, 3.63) is 29.6 Å². The largest absolute Gasteiger partial charge is 0.496 e. The van der Waals surface area contributed by atoms with Crippen molar-refractivity contribution < 1.29 is 14.2 Å². The van der Waals surface area contributed by atoms with Crippen molar-refractivity contribution in [2.75, 3.05) is 7.11 Å². The standard InChI is InChI=1S/C18H23FO2/c1-21-16-3-2-14(19)9-15(16)18(20)17-12-5-10-4-11(7-12)8-13(17)6-10/h2-3,9-13,17-18,20H,4-8H2,1H3. The van der Waals surface area contributed by atoms with E-state index in [1.165, 1.54) is 44.2 Å². The Morgan fingerprint density at radius 2 is 1.71 bits per heavy atom. The average Bonchev–Trinajstić information content (AvgIpc) is 2.46. The molecule has 0 aromatic heterocycles. The molecular formula is C18H23FO2. The highest BCUT2D eigenvalue weighted by atomic mass is 19.1. The molecule has 4 fully saturated rings. The van der Waals surface area contributed by atoms with Gasteiger partial charge in [0.1, 0.15) is 11.6 Å². The summed E-state index contributed by atoms with van der Waals surface area (Å²) in [6.45, 7) is 0. The van der Waals surface area contributed by atoms with Crippen LogP contribution in [0, 0.1) is 35.4 Å². The van der Waals surface area contributed by atoms with E-state index < -0.39 is 6.10 Å². The molecule has 1 N–H and O–H groups in total. The Hall–Kier alpha value is -1.09. The van der Waals surface area contributed by atoms with E-state index in [-0.39, 0.29) is 11.7 Å². The fraction of sp³-hybridized carbons (Fsp3) is 0.667. The molecule has 1 aromatic rings. The van der Waals surface area contributed by atoms with Gasteiger partial charge in [0.15, 0.2) is 0 Å². The quantitative estimate of drug-likeness (QED) is 0.913. The average molecular weight is 290 g/mol. The van der Waals surface area contributed by atoms with Crippen molar-refractivity contribution in [2.45, 2.75) is 38.2 Å². The number of rotatable bonds is 3. The minimum Gasteiger partial charge on any atom is -0.496 e. The van der Waals surface area contributed by atoms with E-state index in [1.54, 1.807) is 13.2 Å². The number of aliphatic hydroxyl groups excluding tert-OH is 1. The van der Waals surface area contributed by atoms with Crippen molar-refractivity contribution in [3.63, 3.8) is 0 Å². The van der Waals surface area contributed by atoms with Crippen LogP contribution in [0.4, 0.5) is 4.39 Å².